The number of hydrogen-bond acceptors (Lipinski definition) is 3. The number of benzene rings is 1. The van der Waals surface area contributed by atoms with Crippen molar-refractivity contribution in [3.63, 3.8) is 0 Å². The Kier molecular flexibility index (Phi) is 4.94. The van der Waals surface area contributed by atoms with E-state index in [9.17, 15) is 14.4 Å². The third-order valence-corrected chi connectivity index (χ3v) is 3.96. The molecule has 2 rings (SSSR count). The van der Waals surface area contributed by atoms with E-state index < -0.39 is 17.5 Å². The van der Waals surface area contributed by atoms with Crippen LogP contribution in [-0.2, 0) is 15.1 Å². The van der Waals surface area contributed by atoms with Gasteiger partial charge in [-0.2, -0.15) is 0 Å². The summed E-state index contributed by atoms with van der Waals surface area (Å²) < 4.78 is 0. The van der Waals surface area contributed by atoms with Crippen LogP contribution in [0.2, 0.25) is 5.02 Å². The second kappa shape index (κ2) is 6.58. The second-order valence-electron chi connectivity index (χ2n) is 6.15. The fourth-order valence-corrected chi connectivity index (χ4v) is 2.46. The summed E-state index contributed by atoms with van der Waals surface area (Å²) in [6, 6.07) is 6.09. The van der Waals surface area contributed by atoms with E-state index in [1.54, 1.807) is 31.2 Å². The minimum Gasteiger partial charge on any atom is -0.354 e. The maximum Gasteiger partial charge on any atom is 0.325 e. The van der Waals surface area contributed by atoms with Crippen molar-refractivity contribution in [2.24, 2.45) is 5.92 Å². The summed E-state index contributed by atoms with van der Waals surface area (Å²) in [5, 5.41) is 5.89. The Labute approximate surface area is 140 Å². The third kappa shape index (κ3) is 3.64. The molecule has 4 amide bonds. The van der Waals surface area contributed by atoms with Gasteiger partial charge in [-0.15, -0.1) is 0 Å². The van der Waals surface area contributed by atoms with Crippen molar-refractivity contribution in [3.8, 4) is 0 Å². The number of rotatable bonds is 5. The number of amides is 4. The molecule has 1 heterocycles. The first-order chi connectivity index (χ1) is 10.7. The van der Waals surface area contributed by atoms with Crippen molar-refractivity contribution in [1.29, 1.82) is 0 Å². The molecule has 1 saturated heterocycles. The third-order valence-electron chi connectivity index (χ3n) is 3.71. The molecule has 1 fully saturated rings. The molecule has 2 N–H and O–H groups in total. The molecule has 23 heavy (non-hydrogen) atoms. The average molecular weight is 338 g/mol. The van der Waals surface area contributed by atoms with Crippen molar-refractivity contribution in [2.75, 3.05) is 13.1 Å². The van der Waals surface area contributed by atoms with Crippen molar-refractivity contribution in [2.45, 2.75) is 26.3 Å². The van der Waals surface area contributed by atoms with Crippen LogP contribution in [0, 0.1) is 5.92 Å². The van der Waals surface area contributed by atoms with Crippen molar-refractivity contribution in [3.05, 3.63) is 34.9 Å². The number of urea groups is 1. The minimum atomic E-state index is -1.19. The maximum absolute atomic E-state index is 12.6. The van der Waals surface area contributed by atoms with Gasteiger partial charge in [0.2, 0.25) is 5.91 Å². The molecule has 0 aromatic heterocycles. The fourth-order valence-electron chi connectivity index (χ4n) is 2.34. The number of carbonyl (C=O) groups is 3. The smallest absolute Gasteiger partial charge is 0.325 e. The van der Waals surface area contributed by atoms with Crippen molar-refractivity contribution < 1.29 is 14.4 Å². The highest BCUT2D eigenvalue weighted by atomic mass is 35.5. The van der Waals surface area contributed by atoms with Crippen LogP contribution >= 0.6 is 11.6 Å². The summed E-state index contributed by atoms with van der Waals surface area (Å²) in [7, 11) is 0. The lowest BCUT2D eigenvalue weighted by molar-refractivity contribution is -0.134. The van der Waals surface area contributed by atoms with Crippen LogP contribution in [0.3, 0.4) is 0 Å². The van der Waals surface area contributed by atoms with Crippen LogP contribution in [0.15, 0.2) is 24.3 Å². The quantitative estimate of drug-likeness (QED) is 0.805. The molecule has 0 bridgehead atoms. The number of carbonyl (C=O) groups excluding carboxylic acids is 3. The summed E-state index contributed by atoms with van der Waals surface area (Å²) in [6.45, 7) is 5.75. The van der Waals surface area contributed by atoms with Crippen LogP contribution in [0.1, 0.15) is 26.3 Å². The van der Waals surface area contributed by atoms with Crippen molar-refractivity contribution in [1.82, 2.24) is 15.5 Å². The van der Waals surface area contributed by atoms with Gasteiger partial charge >= 0.3 is 6.03 Å². The number of nitrogens with one attached hydrogen (secondary N) is 2. The SMILES string of the molecule is CC(C)CNC(=O)CN1C(=O)NC(C)(c2ccc(Cl)cc2)C1=O. The van der Waals surface area contributed by atoms with Crippen LogP contribution in [-0.4, -0.2) is 35.8 Å². The van der Waals surface area contributed by atoms with Gasteiger partial charge in [0.1, 0.15) is 12.1 Å². The monoisotopic (exact) mass is 337 g/mol. The highest BCUT2D eigenvalue weighted by molar-refractivity contribution is 6.30. The molecule has 1 atom stereocenters. The average Bonchev–Trinajstić information content (AvgIpc) is 2.70. The molecule has 0 spiro atoms. The molecule has 1 unspecified atom stereocenters. The summed E-state index contributed by atoms with van der Waals surface area (Å²) in [5.41, 5.74) is -0.578. The molecule has 1 aromatic carbocycles. The molecule has 0 aliphatic carbocycles. The summed E-state index contributed by atoms with van der Waals surface area (Å²) in [4.78, 5) is 37.5. The zero-order chi connectivity index (χ0) is 17.2. The highest BCUT2D eigenvalue weighted by Gasteiger charge is 2.49. The molecule has 0 radical (unpaired) electrons. The Hall–Kier alpha value is -2.08. The summed E-state index contributed by atoms with van der Waals surface area (Å²) in [5.74, 6) is -0.520. The predicted octanol–water partition coefficient (Wildman–Crippen LogP) is 1.88. The van der Waals surface area contributed by atoms with Gasteiger partial charge in [0.25, 0.3) is 5.91 Å². The number of halogens is 1. The van der Waals surface area contributed by atoms with E-state index in [0.717, 1.165) is 4.90 Å². The standard InChI is InChI=1S/C16H20ClN3O3/c1-10(2)8-18-13(21)9-20-14(22)16(3,19-15(20)23)11-4-6-12(17)7-5-11/h4-7,10H,8-9H2,1-3H3,(H,18,21)(H,19,23). The molecule has 0 saturated carbocycles. The zero-order valence-corrected chi connectivity index (χ0v) is 14.1. The number of imide groups is 1. The lowest BCUT2D eigenvalue weighted by atomic mass is 9.92. The van der Waals surface area contributed by atoms with E-state index in [0.29, 0.717) is 23.0 Å². The summed E-state index contributed by atoms with van der Waals surface area (Å²) in [6.07, 6.45) is 0. The Morgan fingerprint density at radius 1 is 1.30 bits per heavy atom. The Morgan fingerprint density at radius 2 is 1.91 bits per heavy atom. The first-order valence-electron chi connectivity index (χ1n) is 7.41. The maximum atomic E-state index is 12.6. The Morgan fingerprint density at radius 3 is 2.48 bits per heavy atom. The Balaban J connectivity index is 2.13. The molecule has 6 nitrogen and oxygen atoms in total. The molecular weight excluding hydrogens is 318 g/mol. The highest BCUT2D eigenvalue weighted by Crippen LogP contribution is 2.29. The van der Waals surface area contributed by atoms with Crippen LogP contribution in [0.4, 0.5) is 4.79 Å². The number of nitrogens with zero attached hydrogens (tertiary/aromatic N) is 1. The van der Waals surface area contributed by atoms with E-state index >= 15 is 0 Å². The lowest BCUT2D eigenvalue weighted by Crippen LogP contribution is -2.43. The van der Waals surface area contributed by atoms with Gasteiger partial charge in [-0.05, 0) is 30.5 Å². The predicted molar refractivity (Wildman–Crippen MR) is 86.9 cm³/mol. The van der Waals surface area contributed by atoms with E-state index in [4.69, 9.17) is 11.6 Å². The molecule has 1 aromatic rings. The first-order valence-corrected chi connectivity index (χ1v) is 7.78. The second-order valence-corrected chi connectivity index (χ2v) is 6.59. The molecule has 124 valence electrons. The summed E-state index contributed by atoms with van der Waals surface area (Å²) >= 11 is 5.85. The molecular formula is C16H20ClN3O3. The minimum absolute atomic E-state index is 0.291. The van der Waals surface area contributed by atoms with E-state index in [1.165, 1.54) is 0 Å². The largest absolute Gasteiger partial charge is 0.354 e. The van der Waals surface area contributed by atoms with E-state index in [-0.39, 0.29) is 12.5 Å². The van der Waals surface area contributed by atoms with Crippen LogP contribution in [0.5, 0.6) is 0 Å². The van der Waals surface area contributed by atoms with Crippen LogP contribution in [0.25, 0.3) is 0 Å². The first kappa shape index (κ1) is 17.3. The van der Waals surface area contributed by atoms with Crippen LogP contribution < -0.4 is 10.6 Å². The fraction of sp³-hybridized carbons (Fsp3) is 0.438. The van der Waals surface area contributed by atoms with Gasteiger partial charge < -0.3 is 10.6 Å². The van der Waals surface area contributed by atoms with Gasteiger partial charge in [-0.1, -0.05) is 37.6 Å². The van der Waals surface area contributed by atoms with E-state index in [2.05, 4.69) is 10.6 Å². The normalized spacial score (nSPS) is 20.8. The topological polar surface area (TPSA) is 78.5 Å². The molecule has 1 aliphatic heterocycles. The lowest BCUT2D eigenvalue weighted by Gasteiger charge is -2.22. The Bertz CT molecular complexity index is 630. The van der Waals surface area contributed by atoms with Gasteiger partial charge in [0, 0.05) is 11.6 Å². The van der Waals surface area contributed by atoms with Crippen molar-refractivity contribution >= 4 is 29.4 Å². The zero-order valence-electron chi connectivity index (χ0n) is 13.4. The molecule has 1 aliphatic rings. The van der Waals surface area contributed by atoms with E-state index in [1.807, 2.05) is 13.8 Å². The van der Waals surface area contributed by atoms with Gasteiger partial charge in [-0.25, -0.2) is 4.79 Å². The number of hydrogen-bond donors (Lipinski definition) is 2. The van der Waals surface area contributed by atoms with Gasteiger partial charge in [0.05, 0.1) is 0 Å². The molecule has 7 heteroatoms. The van der Waals surface area contributed by atoms with Gasteiger partial charge in [-0.3, -0.25) is 14.5 Å². The van der Waals surface area contributed by atoms with Gasteiger partial charge in [0.15, 0.2) is 0 Å².